The van der Waals surface area contributed by atoms with Crippen molar-refractivity contribution in [2.75, 3.05) is 6.61 Å². The average Bonchev–Trinajstić information content (AvgIpc) is 2.46. The molecule has 0 saturated carbocycles. The fourth-order valence-electron chi connectivity index (χ4n) is 1.65. The maximum Gasteiger partial charge on any atom is 0.200 e. The highest BCUT2D eigenvalue weighted by molar-refractivity contribution is 5.98. The third kappa shape index (κ3) is 3.52. The van der Waals surface area contributed by atoms with Crippen LogP contribution in [-0.2, 0) is 0 Å². The standard InChI is InChI=1S/C16H14O3/c1-12-5-7-15(8-6-12)19-11-16(18)14-4-2-3-13(9-14)10-17/h2-10H,11H2,1H3. The lowest BCUT2D eigenvalue weighted by molar-refractivity contribution is 0.0921. The number of carbonyl (C=O) groups excluding carboxylic acids is 2. The Kier molecular flexibility index (Phi) is 4.08. The molecule has 2 rings (SSSR count). The summed E-state index contributed by atoms with van der Waals surface area (Å²) in [6.45, 7) is 1.95. The SMILES string of the molecule is Cc1ccc(OCC(=O)c2cccc(C=O)c2)cc1. The van der Waals surface area contributed by atoms with Gasteiger partial charge in [-0.15, -0.1) is 0 Å². The number of aldehydes is 1. The van der Waals surface area contributed by atoms with Crippen LogP contribution in [0.5, 0.6) is 5.75 Å². The molecule has 3 heteroatoms. The van der Waals surface area contributed by atoms with E-state index in [4.69, 9.17) is 4.74 Å². The van der Waals surface area contributed by atoms with Gasteiger partial charge in [0.15, 0.2) is 12.4 Å². The quantitative estimate of drug-likeness (QED) is 0.608. The lowest BCUT2D eigenvalue weighted by Gasteiger charge is -2.06. The third-order valence-electron chi connectivity index (χ3n) is 2.74. The molecule has 0 aliphatic carbocycles. The van der Waals surface area contributed by atoms with Crippen LogP contribution in [0.25, 0.3) is 0 Å². The Hall–Kier alpha value is -2.42. The number of ketones is 1. The van der Waals surface area contributed by atoms with Crippen LogP contribution in [0.4, 0.5) is 0 Å². The Morgan fingerprint density at radius 1 is 1.16 bits per heavy atom. The maximum absolute atomic E-state index is 11.9. The summed E-state index contributed by atoms with van der Waals surface area (Å²) in [5, 5.41) is 0. The van der Waals surface area contributed by atoms with Crippen LogP contribution in [0.15, 0.2) is 48.5 Å². The van der Waals surface area contributed by atoms with Gasteiger partial charge in [-0.05, 0) is 25.1 Å². The van der Waals surface area contributed by atoms with Crippen molar-refractivity contribution >= 4 is 12.1 Å². The Morgan fingerprint density at radius 2 is 1.89 bits per heavy atom. The number of aryl methyl sites for hydroxylation is 1. The molecule has 0 amide bonds. The van der Waals surface area contributed by atoms with Gasteiger partial charge >= 0.3 is 0 Å². The molecule has 0 heterocycles. The molecule has 0 aliphatic heterocycles. The van der Waals surface area contributed by atoms with Gasteiger partial charge in [0.2, 0.25) is 0 Å². The van der Waals surface area contributed by atoms with Crippen molar-refractivity contribution in [3.05, 3.63) is 65.2 Å². The van der Waals surface area contributed by atoms with Gasteiger partial charge in [0, 0.05) is 11.1 Å². The molecule has 2 aromatic rings. The molecule has 0 aromatic heterocycles. The largest absolute Gasteiger partial charge is 0.485 e. The fourth-order valence-corrected chi connectivity index (χ4v) is 1.65. The van der Waals surface area contributed by atoms with Crippen LogP contribution in [0, 0.1) is 6.92 Å². The first-order chi connectivity index (χ1) is 9.19. The molecule has 3 nitrogen and oxygen atoms in total. The smallest absolute Gasteiger partial charge is 0.200 e. The van der Waals surface area contributed by atoms with Crippen molar-refractivity contribution in [1.29, 1.82) is 0 Å². The van der Waals surface area contributed by atoms with E-state index in [0.29, 0.717) is 16.9 Å². The minimum atomic E-state index is -0.149. The Morgan fingerprint density at radius 3 is 2.58 bits per heavy atom. The van der Waals surface area contributed by atoms with Crippen LogP contribution < -0.4 is 4.74 Å². The van der Waals surface area contributed by atoms with E-state index in [1.165, 1.54) is 0 Å². The summed E-state index contributed by atoms with van der Waals surface area (Å²) in [6.07, 6.45) is 0.720. The van der Waals surface area contributed by atoms with Crippen LogP contribution in [0.3, 0.4) is 0 Å². The second-order valence-electron chi connectivity index (χ2n) is 4.27. The van der Waals surface area contributed by atoms with Crippen LogP contribution in [0.1, 0.15) is 26.3 Å². The predicted octanol–water partition coefficient (Wildman–Crippen LogP) is 3.07. The fraction of sp³-hybridized carbons (Fsp3) is 0.125. The highest BCUT2D eigenvalue weighted by Gasteiger charge is 2.07. The lowest BCUT2D eigenvalue weighted by atomic mass is 10.1. The van der Waals surface area contributed by atoms with E-state index in [0.717, 1.165) is 11.8 Å². The van der Waals surface area contributed by atoms with Crippen LogP contribution in [0.2, 0.25) is 0 Å². The third-order valence-corrected chi connectivity index (χ3v) is 2.74. The van der Waals surface area contributed by atoms with Gasteiger partial charge < -0.3 is 4.74 Å². The summed E-state index contributed by atoms with van der Waals surface area (Å²) in [6, 6.07) is 14.1. The average molecular weight is 254 g/mol. The van der Waals surface area contributed by atoms with E-state index in [9.17, 15) is 9.59 Å². The van der Waals surface area contributed by atoms with Crippen molar-refractivity contribution in [3.63, 3.8) is 0 Å². The normalized spacial score (nSPS) is 9.95. The summed E-state index contributed by atoms with van der Waals surface area (Å²) >= 11 is 0. The number of carbonyl (C=O) groups is 2. The molecule has 0 fully saturated rings. The molecule has 0 aliphatic rings. The zero-order valence-corrected chi connectivity index (χ0v) is 10.6. The number of hydrogen-bond donors (Lipinski definition) is 0. The molecule has 0 saturated heterocycles. The van der Waals surface area contributed by atoms with Gasteiger partial charge in [0.1, 0.15) is 12.0 Å². The molecular formula is C16H14O3. The molecule has 0 atom stereocenters. The molecule has 96 valence electrons. The first kappa shape index (κ1) is 13.0. The van der Waals surface area contributed by atoms with E-state index in [1.807, 2.05) is 31.2 Å². The molecule has 0 N–H and O–H groups in total. The van der Waals surface area contributed by atoms with E-state index >= 15 is 0 Å². The summed E-state index contributed by atoms with van der Waals surface area (Å²) < 4.78 is 5.41. The van der Waals surface area contributed by atoms with Crippen LogP contribution >= 0.6 is 0 Å². The highest BCUT2D eigenvalue weighted by Crippen LogP contribution is 2.12. The van der Waals surface area contributed by atoms with E-state index in [-0.39, 0.29) is 12.4 Å². The predicted molar refractivity (Wildman–Crippen MR) is 72.8 cm³/mol. The van der Waals surface area contributed by atoms with Gasteiger partial charge in [0.25, 0.3) is 0 Å². The number of ether oxygens (including phenoxy) is 1. The van der Waals surface area contributed by atoms with Gasteiger partial charge in [-0.3, -0.25) is 9.59 Å². The molecule has 0 radical (unpaired) electrons. The second kappa shape index (κ2) is 5.96. The number of benzene rings is 2. The summed E-state index contributed by atoms with van der Waals surface area (Å²) in [5.74, 6) is 0.509. The number of rotatable bonds is 5. The van der Waals surface area contributed by atoms with Crippen molar-refractivity contribution in [2.45, 2.75) is 6.92 Å². The highest BCUT2D eigenvalue weighted by atomic mass is 16.5. The number of Topliss-reactive ketones (excluding diaryl/α,β-unsaturated/α-hetero) is 1. The van der Waals surface area contributed by atoms with Gasteiger partial charge in [-0.2, -0.15) is 0 Å². The van der Waals surface area contributed by atoms with Crippen molar-refractivity contribution in [3.8, 4) is 5.75 Å². The molecule has 0 spiro atoms. The monoisotopic (exact) mass is 254 g/mol. The Labute approximate surface area is 111 Å². The Bertz CT molecular complexity index is 585. The zero-order valence-electron chi connectivity index (χ0n) is 10.6. The number of hydrogen-bond acceptors (Lipinski definition) is 3. The summed E-state index contributed by atoms with van der Waals surface area (Å²) in [4.78, 5) is 22.6. The van der Waals surface area contributed by atoms with Gasteiger partial charge in [-0.25, -0.2) is 0 Å². The molecule has 0 unspecified atom stereocenters. The first-order valence-electron chi connectivity index (χ1n) is 5.97. The van der Waals surface area contributed by atoms with E-state index in [2.05, 4.69) is 0 Å². The van der Waals surface area contributed by atoms with E-state index < -0.39 is 0 Å². The van der Waals surface area contributed by atoms with Crippen molar-refractivity contribution in [2.24, 2.45) is 0 Å². The van der Waals surface area contributed by atoms with Gasteiger partial charge in [0.05, 0.1) is 0 Å². The zero-order chi connectivity index (χ0) is 13.7. The Balaban J connectivity index is 2.00. The summed E-state index contributed by atoms with van der Waals surface area (Å²) in [5.41, 5.74) is 2.11. The molecular weight excluding hydrogens is 240 g/mol. The minimum Gasteiger partial charge on any atom is -0.485 e. The lowest BCUT2D eigenvalue weighted by Crippen LogP contribution is -2.11. The van der Waals surface area contributed by atoms with Gasteiger partial charge in [-0.1, -0.05) is 35.9 Å². The van der Waals surface area contributed by atoms with Crippen molar-refractivity contribution in [1.82, 2.24) is 0 Å². The maximum atomic E-state index is 11.9. The molecule has 0 bridgehead atoms. The summed E-state index contributed by atoms with van der Waals surface area (Å²) in [7, 11) is 0. The minimum absolute atomic E-state index is 0.0363. The topological polar surface area (TPSA) is 43.4 Å². The second-order valence-corrected chi connectivity index (χ2v) is 4.27. The van der Waals surface area contributed by atoms with Crippen LogP contribution in [-0.4, -0.2) is 18.7 Å². The van der Waals surface area contributed by atoms with Crippen molar-refractivity contribution < 1.29 is 14.3 Å². The molecule has 2 aromatic carbocycles. The first-order valence-corrected chi connectivity index (χ1v) is 5.97. The van der Waals surface area contributed by atoms with E-state index in [1.54, 1.807) is 24.3 Å². The molecule has 19 heavy (non-hydrogen) atoms.